The van der Waals surface area contributed by atoms with E-state index in [9.17, 15) is 23.3 Å². The van der Waals surface area contributed by atoms with Gasteiger partial charge in [0.25, 0.3) is 5.69 Å². The quantitative estimate of drug-likeness (QED) is 0.525. The lowest BCUT2D eigenvalue weighted by Gasteiger charge is -2.07. The highest BCUT2D eigenvalue weighted by atomic mass is 19.4. The van der Waals surface area contributed by atoms with Crippen LogP contribution in [-0.4, -0.2) is 14.7 Å². The Bertz CT molecular complexity index is 889. The summed E-state index contributed by atoms with van der Waals surface area (Å²) < 4.78 is 39.7. The summed E-state index contributed by atoms with van der Waals surface area (Å²) in [6, 6.07) is 12.9. The molecule has 2 aromatic carbocycles. The van der Waals surface area contributed by atoms with Crippen molar-refractivity contribution in [1.29, 1.82) is 0 Å². The van der Waals surface area contributed by atoms with Gasteiger partial charge in [0.15, 0.2) is 0 Å². The number of nitrogens with zero attached hydrogens (tertiary/aromatic N) is 3. The van der Waals surface area contributed by atoms with E-state index < -0.39 is 22.4 Å². The first-order chi connectivity index (χ1) is 11.4. The van der Waals surface area contributed by atoms with Gasteiger partial charge in [0, 0.05) is 12.3 Å². The lowest BCUT2D eigenvalue weighted by atomic mass is 10.1. The van der Waals surface area contributed by atoms with Crippen molar-refractivity contribution in [2.45, 2.75) is 6.18 Å². The molecule has 0 spiro atoms. The van der Waals surface area contributed by atoms with Crippen LogP contribution >= 0.6 is 0 Å². The third-order valence-electron chi connectivity index (χ3n) is 3.41. The molecule has 0 amide bonds. The van der Waals surface area contributed by atoms with Crippen molar-refractivity contribution < 1.29 is 18.1 Å². The molecule has 122 valence electrons. The summed E-state index contributed by atoms with van der Waals surface area (Å²) in [4.78, 5) is 10.3. The van der Waals surface area contributed by atoms with Crippen LogP contribution in [0.4, 0.5) is 18.9 Å². The van der Waals surface area contributed by atoms with Crippen LogP contribution in [0.5, 0.6) is 0 Å². The number of aromatic nitrogens is 2. The van der Waals surface area contributed by atoms with Gasteiger partial charge in [-0.15, -0.1) is 0 Å². The van der Waals surface area contributed by atoms with Crippen LogP contribution in [0.2, 0.25) is 0 Å². The SMILES string of the molecule is O=[N+]([O-])c1cc(C(F)(F)F)ccc1-c1ccn(-c2ccccc2)n1. The predicted molar refractivity (Wildman–Crippen MR) is 80.7 cm³/mol. The summed E-state index contributed by atoms with van der Waals surface area (Å²) in [6.45, 7) is 0. The molecule has 1 heterocycles. The molecule has 0 fully saturated rings. The van der Waals surface area contributed by atoms with Gasteiger partial charge in [-0.25, -0.2) is 4.68 Å². The number of hydrogen-bond donors (Lipinski definition) is 0. The van der Waals surface area contributed by atoms with E-state index >= 15 is 0 Å². The normalized spacial score (nSPS) is 11.5. The number of rotatable bonds is 3. The molecule has 0 atom stereocenters. The minimum Gasteiger partial charge on any atom is -0.258 e. The Morgan fingerprint density at radius 1 is 1.04 bits per heavy atom. The van der Waals surface area contributed by atoms with E-state index in [1.165, 1.54) is 10.7 Å². The first-order valence-electron chi connectivity index (χ1n) is 6.83. The van der Waals surface area contributed by atoms with Gasteiger partial charge in [0.2, 0.25) is 0 Å². The minimum absolute atomic E-state index is 0.0303. The fourth-order valence-corrected chi connectivity index (χ4v) is 2.27. The summed E-state index contributed by atoms with van der Waals surface area (Å²) in [7, 11) is 0. The fraction of sp³-hybridized carbons (Fsp3) is 0.0625. The van der Waals surface area contributed by atoms with Gasteiger partial charge in [-0.3, -0.25) is 10.1 Å². The smallest absolute Gasteiger partial charge is 0.258 e. The van der Waals surface area contributed by atoms with Gasteiger partial charge < -0.3 is 0 Å². The van der Waals surface area contributed by atoms with Crippen LogP contribution in [0.1, 0.15) is 5.56 Å². The van der Waals surface area contributed by atoms with Crippen molar-refractivity contribution in [3.05, 3.63) is 76.5 Å². The van der Waals surface area contributed by atoms with Crippen LogP contribution in [-0.2, 0) is 6.18 Å². The number of halogens is 3. The van der Waals surface area contributed by atoms with Gasteiger partial charge in [-0.05, 0) is 30.3 Å². The molecule has 0 radical (unpaired) electrons. The summed E-state index contributed by atoms with van der Waals surface area (Å²) in [5, 5.41) is 15.4. The summed E-state index contributed by atoms with van der Waals surface area (Å²) >= 11 is 0. The molecule has 0 unspecified atom stereocenters. The van der Waals surface area contributed by atoms with E-state index in [1.54, 1.807) is 30.5 Å². The van der Waals surface area contributed by atoms with E-state index in [0.29, 0.717) is 6.07 Å². The molecule has 0 N–H and O–H groups in total. The molecule has 8 heteroatoms. The summed E-state index contributed by atoms with van der Waals surface area (Å²) in [5.41, 5.74) is -0.719. The van der Waals surface area contributed by atoms with Gasteiger partial charge in [-0.1, -0.05) is 18.2 Å². The number of nitro groups is 1. The molecule has 3 rings (SSSR count). The average molecular weight is 333 g/mol. The molecular weight excluding hydrogens is 323 g/mol. The molecule has 24 heavy (non-hydrogen) atoms. The molecule has 0 saturated heterocycles. The Labute approximate surface area is 134 Å². The van der Waals surface area contributed by atoms with E-state index in [2.05, 4.69) is 5.10 Å². The van der Waals surface area contributed by atoms with Crippen molar-refractivity contribution in [3.8, 4) is 16.9 Å². The molecule has 3 aromatic rings. The van der Waals surface area contributed by atoms with E-state index in [1.807, 2.05) is 6.07 Å². The number of para-hydroxylation sites is 1. The fourth-order valence-electron chi connectivity index (χ4n) is 2.27. The zero-order valence-electron chi connectivity index (χ0n) is 12.1. The third kappa shape index (κ3) is 2.98. The molecule has 0 aliphatic carbocycles. The van der Waals surface area contributed by atoms with Crippen molar-refractivity contribution in [2.24, 2.45) is 0 Å². The van der Waals surface area contributed by atoms with Crippen LogP contribution in [0.15, 0.2) is 60.8 Å². The summed E-state index contributed by atoms with van der Waals surface area (Å²) in [5.74, 6) is 0. The largest absolute Gasteiger partial charge is 0.416 e. The standard InChI is InChI=1S/C16H10F3N3O2/c17-16(18,19)11-6-7-13(15(10-11)22(23)24)14-8-9-21(20-14)12-4-2-1-3-5-12/h1-10H. The second-order valence-corrected chi connectivity index (χ2v) is 4.97. The lowest BCUT2D eigenvalue weighted by Crippen LogP contribution is -2.06. The Morgan fingerprint density at radius 2 is 1.75 bits per heavy atom. The Hall–Kier alpha value is -3.16. The van der Waals surface area contributed by atoms with Crippen molar-refractivity contribution in [1.82, 2.24) is 9.78 Å². The summed E-state index contributed by atoms with van der Waals surface area (Å²) in [6.07, 6.45) is -3.06. The molecule has 0 aliphatic rings. The van der Waals surface area contributed by atoms with Gasteiger partial charge in [0.05, 0.1) is 27.4 Å². The van der Waals surface area contributed by atoms with Crippen molar-refractivity contribution >= 4 is 5.69 Å². The Balaban J connectivity index is 2.07. The highest BCUT2D eigenvalue weighted by molar-refractivity contribution is 5.71. The van der Waals surface area contributed by atoms with E-state index in [-0.39, 0.29) is 11.3 Å². The van der Waals surface area contributed by atoms with Gasteiger partial charge >= 0.3 is 6.18 Å². The van der Waals surface area contributed by atoms with Gasteiger partial charge in [0.1, 0.15) is 0 Å². The van der Waals surface area contributed by atoms with Crippen LogP contribution in [0, 0.1) is 10.1 Å². The molecule has 0 bridgehead atoms. The minimum atomic E-state index is -4.65. The maximum Gasteiger partial charge on any atom is 0.416 e. The first-order valence-corrected chi connectivity index (χ1v) is 6.83. The topological polar surface area (TPSA) is 61.0 Å². The first kappa shape index (κ1) is 15.7. The Morgan fingerprint density at radius 3 is 2.38 bits per heavy atom. The van der Waals surface area contributed by atoms with Crippen molar-refractivity contribution in [2.75, 3.05) is 0 Å². The van der Waals surface area contributed by atoms with Gasteiger partial charge in [-0.2, -0.15) is 18.3 Å². The average Bonchev–Trinajstić information content (AvgIpc) is 3.04. The predicted octanol–water partition coefficient (Wildman–Crippen LogP) is 4.47. The molecule has 5 nitrogen and oxygen atoms in total. The second-order valence-electron chi connectivity index (χ2n) is 4.97. The maximum absolute atomic E-state index is 12.7. The van der Waals surface area contributed by atoms with Crippen LogP contribution < -0.4 is 0 Å². The lowest BCUT2D eigenvalue weighted by molar-refractivity contribution is -0.384. The van der Waals surface area contributed by atoms with E-state index in [0.717, 1.165) is 17.8 Å². The molecule has 0 saturated carbocycles. The highest BCUT2D eigenvalue weighted by Crippen LogP contribution is 2.36. The zero-order chi connectivity index (χ0) is 17.3. The molecular formula is C16H10F3N3O2. The van der Waals surface area contributed by atoms with Crippen LogP contribution in [0.3, 0.4) is 0 Å². The zero-order valence-corrected chi connectivity index (χ0v) is 12.1. The van der Waals surface area contributed by atoms with Crippen LogP contribution in [0.25, 0.3) is 16.9 Å². The third-order valence-corrected chi connectivity index (χ3v) is 3.41. The monoisotopic (exact) mass is 333 g/mol. The number of alkyl halides is 3. The van der Waals surface area contributed by atoms with E-state index in [4.69, 9.17) is 0 Å². The number of hydrogen-bond acceptors (Lipinski definition) is 3. The molecule has 1 aromatic heterocycles. The molecule has 0 aliphatic heterocycles. The number of benzene rings is 2. The number of nitro benzene ring substituents is 1. The van der Waals surface area contributed by atoms with Crippen molar-refractivity contribution in [3.63, 3.8) is 0 Å². The maximum atomic E-state index is 12.7. The highest BCUT2D eigenvalue weighted by Gasteiger charge is 2.33. The second kappa shape index (κ2) is 5.80. The Kier molecular flexibility index (Phi) is 3.80.